The highest BCUT2D eigenvalue weighted by atomic mass is 35.5. The number of aryl methyl sites for hydroxylation is 1. The Kier molecular flexibility index (Phi) is 4.68. The predicted octanol–water partition coefficient (Wildman–Crippen LogP) is 5.55. The smallest absolute Gasteiger partial charge is 0.290 e. The minimum Gasteiger partial charge on any atom is -0.451 e. The molecule has 134 valence electrons. The monoisotopic (exact) mass is 368 g/mol. The summed E-state index contributed by atoms with van der Waals surface area (Å²) >= 11 is 6.11. The average molecular weight is 369 g/mol. The Morgan fingerprint density at radius 1 is 1.19 bits per heavy atom. The van der Waals surface area contributed by atoms with Gasteiger partial charge in [0, 0.05) is 34.9 Å². The van der Waals surface area contributed by atoms with E-state index >= 15 is 0 Å². The van der Waals surface area contributed by atoms with Crippen LogP contribution in [-0.4, -0.2) is 22.3 Å². The van der Waals surface area contributed by atoms with Gasteiger partial charge in [0.15, 0.2) is 5.76 Å². The fourth-order valence-corrected chi connectivity index (χ4v) is 3.98. The molecule has 1 amide bonds. The SMILES string of the molecule is Cc1c(C(=O)N2CCCCCC2c2ccncc2)oc2ccc(Cl)cc12. The second-order valence-electron chi connectivity index (χ2n) is 6.84. The summed E-state index contributed by atoms with van der Waals surface area (Å²) in [5, 5.41) is 1.54. The molecular formula is C21H21ClN2O2. The maximum atomic E-state index is 13.4. The summed E-state index contributed by atoms with van der Waals surface area (Å²) in [6.45, 7) is 2.66. The van der Waals surface area contributed by atoms with Gasteiger partial charge in [-0.1, -0.05) is 24.4 Å². The lowest BCUT2D eigenvalue weighted by Crippen LogP contribution is -2.35. The summed E-state index contributed by atoms with van der Waals surface area (Å²) in [4.78, 5) is 19.5. The van der Waals surface area contributed by atoms with Crippen molar-refractivity contribution >= 4 is 28.5 Å². The number of halogens is 1. The number of hydrogen-bond acceptors (Lipinski definition) is 3. The molecule has 0 radical (unpaired) electrons. The molecule has 0 saturated carbocycles. The van der Waals surface area contributed by atoms with E-state index in [2.05, 4.69) is 4.98 Å². The molecule has 1 unspecified atom stereocenters. The van der Waals surface area contributed by atoms with E-state index < -0.39 is 0 Å². The number of likely N-dealkylation sites (tertiary alicyclic amines) is 1. The van der Waals surface area contributed by atoms with Crippen LogP contribution in [0.25, 0.3) is 11.0 Å². The summed E-state index contributed by atoms with van der Waals surface area (Å²) in [5.41, 5.74) is 2.68. The maximum absolute atomic E-state index is 13.4. The molecular weight excluding hydrogens is 348 g/mol. The number of carbonyl (C=O) groups is 1. The van der Waals surface area contributed by atoms with Crippen molar-refractivity contribution in [2.45, 2.75) is 38.6 Å². The third-order valence-electron chi connectivity index (χ3n) is 5.20. The molecule has 2 aromatic heterocycles. The Balaban J connectivity index is 1.74. The van der Waals surface area contributed by atoms with E-state index in [9.17, 15) is 4.79 Å². The first kappa shape index (κ1) is 17.1. The van der Waals surface area contributed by atoms with Crippen LogP contribution in [0.4, 0.5) is 0 Å². The standard InChI is InChI=1S/C21H21ClN2O2/c1-14-17-13-16(22)6-7-19(17)26-20(14)21(25)24-12-4-2-3-5-18(24)15-8-10-23-11-9-15/h6-11,13,18H,2-5,12H2,1H3. The van der Waals surface area contributed by atoms with Crippen LogP contribution in [0.15, 0.2) is 47.1 Å². The number of aromatic nitrogens is 1. The summed E-state index contributed by atoms with van der Waals surface area (Å²) in [6.07, 6.45) is 7.81. The highest BCUT2D eigenvalue weighted by Crippen LogP contribution is 2.34. The van der Waals surface area contributed by atoms with Crippen molar-refractivity contribution in [1.82, 2.24) is 9.88 Å². The van der Waals surface area contributed by atoms with Crippen molar-refractivity contribution in [2.24, 2.45) is 0 Å². The molecule has 26 heavy (non-hydrogen) atoms. The van der Waals surface area contributed by atoms with Crippen molar-refractivity contribution in [3.63, 3.8) is 0 Å². The number of fused-ring (bicyclic) bond motifs is 1. The molecule has 1 saturated heterocycles. The van der Waals surface area contributed by atoms with Crippen LogP contribution in [0.2, 0.25) is 5.02 Å². The van der Waals surface area contributed by atoms with E-state index in [1.54, 1.807) is 18.5 Å². The topological polar surface area (TPSA) is 46.3 Å². The average Bonchev–Trinajstić information content (AvgIpc) is 2.85. The van der Waals surface area contributed by atoms with Gasteiger partial charge in [0.25, 0.3) is 5.91 Å². The van der Waals surface area contributed by atoms with Crippen LogP contribution in [0.5, 0.6) is 0 Å². The molecule has 5 heteroatoms. The maximum Gasteiger partial charge on any atom is 0.290 e. The van der Waals surface area contributed by atoms with Crippen molar-refractivity contribution in [2.75, 3.05) is 6.54 Å². The first-order valence-corrected chi connectivity index (χ1v) is 9.42. The summed E-state index contributed by atoms with van der Waals surface area (Å²) in [5.74, 6) is 0.377. The van der Waals surface area contributed by atoms with Crippen LogP contribution in [0, 0.1) is 6.92 Å². The predicted molar refractivity (Wildman–Crippen MR) is 102 cm³/mol. The molecule has 3 aromatic rings. The Bertz CT molecular complexity index is 936. The largest absolute Gasteiger partial charge is 0.451 e. The Morgan fingerprint density at radius 3 is 2.81 bits per heavy atom. The van der Waals surface area contributed by atoms with Gasteiger partial charge in [0.1, 0.15) is 5.58 Å². The van der Waals surface area contributed by atoms with E-state index in [-0.39, 0.29) is 11.9 Å². The fourth-order valence-electron chi connectivity index (χ4n) is 3.81. The second-order valence-corrected chi connectivity index (χ2v) is 7.28. The zero-order valence-electron chi connectivity index (χ0n) is 14.7. The Morgan fingerprint density at radius 2 is 2.00 bits per heavy atom. The number of furan rings is 1. The van der Waals surface area contributed by atoms with Crippen LogP contribution in [-0.2, 0) is 0 Å². The molecule has 1 fully saturated rings. The van der Waals surface area contributed by atoms with Crippen molar-refractivity contribution < 1.29 is 9.21 Å². The molecule has 1 aliphatic heterocycles. The molecule has 4 rings (SSSR count). The van der Waals surface area contributed by atoms with Gasteiger partial charge in [-0.05, 0) is 55.7 Å². The molecule has 0 aliphatic carbocycles. The van der Waals surface area contributed by atoms with Crippen molar-refractivity contribution in [3.05, 3.63) is 64.6 Å². The summed E-state index contributed by atoms with van der Waals surface area (Å²) in [6, 6.07) is 9.53. The van der Waals surface area contributed by atoms with Gasteiger partial charge >= 0.3 is 0 Å². The second kappa shape index (κ2) is 7.12. The molecule has 0 N–H and O–H groups in total. The van der Waals surface area contributed by atoms with Crippen LogP contribution in [0.3, 0.4) is 0 Å². The number of benzene rings is 1. The first-order valence-electron chi connectivity index (χ1n) is 9.04. The molecule has 0 bridgehead atoms. The lowest BCUT2D eigenvalue weighted by atomic mass is 10.0. The lowest BCUT2D eigenvalue weighted by Gasteiger charge is -2.30. The van der Waals surface area contributed by atoms with E-state index in [1.165, 1.54) is 0 Å². The van der Waals surface area contributed by atoms with E-state index in [0.29, 0.717) is 16.4 Å². The highest BCUT2D eigenvalue weighted by Gasteiger charge is 2.30. The summed E-state index contributed by atoms with van der Waals surface area (Å²) in [7, 11) is 0. The lowest BCUT2D eigenvalue weighted by molar-refractivity contribution is 0.0649. The van der Waals surface area contributed by atoms with Crippen LogP contribution >= 0.6 is 11.6 Å². The van der Waals surface area contributed by atoms with E-state index in [1.807, 2.05) is 36.1 Å². The molecule has 1 aromatic carbocycles. The first-order chi connectivity index (χ1) is 12.6. The molecule has 1 aliphatic rings. The molecule has 1 atom stereocenters. The van der Waals surface area contributed by atoms with E-state index in [0.717, 1.165) is 48.7 Å². The minimum absolute atomic E-state index is 0.0430. The van der Waals surface area contributed by atoms with Gasteiger partial charge in [0.05, 0.1) is 6.04 Å². The molecule has 3 heterocycles. The van der Waals surface area contributed by atoms with Crippen LogP contribution < -0.4 is 0 Å². The highest BCUT2D eigenvalue weighted by molar-refractivity contribution is 6.31. The summed E-state index contributed by atoms with van der Waals surface area (Å²) < 4.78 is 5.93. The molecule has 0 spiro atoms. The Hall–Kier alpha value is -2.33. The van der Waals surface area contributed by atoms with Crippen molar-refractivity contribution in [1.29, 1.82) is 0 Å². The van der Waals surface area contributed by atoms with Crippen molar-refractivity contribution in [3.8, 4) is 0 Å². The third kappa shape index (κ3) is 3.10. The number of hydrogen-bond donors (Lipinski definition) is 0. The van der Waals surface area contributed by atoms with Gasteiger partial charge in [-0.3, -0.25) is 9.78 Å². The molecule has 4 nitrogen and oxygen atoms in total. The third-order valence-corrected chi connectivity index (χ3v) is 5.43. The quantitative estimate of drug-likeness (QED) is 0.596. The van der Waals surface area contributed by atoms with Gasteiger partial charge in [-0.15, -0.1) is 0 Å². The number of rotatable bonds is 2. The number of carbonyl (C=O) groups excluding carboxylic acids is 1. The minimum atomic E-state index is -0.0430. The number of pyridine rings is 1. The number of amides is 1. The zero-order chi connectivity index (χ0) is 18.1. The van der Waals surface area contributed by atoms with Gasteiger partial charge < -0.3 is 9.32 Å². The van der Waals surface area contributed by atoms with Gasteiger partial charge in [0.2, 0.25) is 0 Å². The fraction of sp³-hybridized carbons (Fsp3) is 0.333. The number of nitrogens with zero attached hydrogens (tertiary/aromatic N) is 2. The Labute approximate surface area is 157 Å². The van der Waals surface area contributed by atoms with Gasteiger partial charge in [-0.25, -0.2) is 0 Å². The zero-order valence-corrected chi connectivity index (χ0v) is 15.5. The normalized spacial score (nSPS) is 18.1. The van der Waals surface area contributed by atoms with Crippen LogP contribution in [0.1, 0.15) is 53.4 Å². The van der Waals surface area contributed by atoms with E-state index in [4.69, 9.17) is 16.0 Å². The van der Waals surface area contributed by atoms with Gasteiger partial charge in [-0.2, -0.15) is 0 Å².